The van der Waals surface area contributed by atoms with Crippen LogP contribution in [-0.4, -0.2) is 36.2 Å². The van der Waals surface area contributed by atoms with E-state index < -0.39 is 16.1 Å². The third-order valence-electron chi connectivity index (χ3n) is 3.73. The van der Waals surface area contributed by atoms with Crippen molar-refractivity contribution < 1.29 is 13.2 Å². The number of carbonyl (C=O) groups excluding carboxylic acids is 1. The van der Waals surface area contributed by atoms with Gasteiger partial charge in [-0.3, -0.25) is 4.79 Å². The van der Waals surface area contributed by atoms with E-state index >= 15 is 0 Å². The molecule has 3 heterocycles. The van der Waals surface area contributed by atoms with Crippen LogP contribution in [0.15, 0.2) is 40.1 Å². The van der Waals surface area contributed by atoms with Crippen molar-refractivity contribution in [3.63, 3.8) is 0 Å². The van der Waals surface area contributed by atoms with Gasteiger partial charge in [-0.1, -0.05) is 12.1 Å². The largest absolute Gasteiger partial charge is 0.309 e. The van der Waals surface area contributed by atoms with Crippen molar-refractivity contribution in [3.8, 4) is 0 Å². The van der Waals surface area contributed by atoms with E-state index in [1.165, 1.54) is 4.31 Å². The minimum absolute atomic E-state index is 0.269. The lowest BCUT2D eigenvalue weighted by molar-refractivity contribution is -0.119. The van der Waals surface area contributed by atoms with Crippen LogP contribution in [-0.2, 0) is 14.8 Å². The van der Waals surface area contributed by atoms with Gasteiger partial charge in [0.15, 0.2) is 0 Å². The Morgan fingerprint density at radius 2 is 2.22 bits per heavy atom. The summed E-state index contributed by atoms with van der Waals surface area (Å²) in [5.41, 5.74) is 0.991. The van der Waals surface area contributed by atoms with Gasteiger partial charge in [-0.05, 0) is 42.8 Å². The van der Waals surface area contributed by atoms with Crippen LogP contribution in [0.1, 0.15) is 18.4 Å². The Bertz CT molecular complexity index is 786. The Hall–Kier alpha value is -1.77. The van der Waals surface area contributed by atoms with Gasteiger partial charge in [0.05, 0.1) is 0 Å². The highest BCUT2D eigenvalue weighted by Crippen LogP contribution is 2.29. The molecule has 23 heavy (non-hydrogen) atoms. The number of rotatable bonds is 4. The molecule has 0 saturated carbocycles. The number of nitrogens with one attached hydrogen (secondary N) is 1. The van der Waals surface area contributed by atoms with Crippen LogP contribution in [0.5, 0.6) is 0 Å². The van der Waals surface area contributed by atoms with E-state index in [0.717, 1.165) is 16.9 Å². The molecule has 1 saturated heterocycles. The van der Waals surface area contributed by atoms with Crippen molar-refractivity contribution in [1.29, 1.82) is 0 Å². The number of carbonyl (C=O) groups is 1. The quantitative estimate of drug-likeness (QED) is 0.916. The number of aromatic nitrogens is 1. The summed E-state index contributed by atoms with van der Waals surface area (Å²) in [7, 11) is -3.62. The zero-order valence-corrected chi connectivity index (χ0v) is 14.2. The summed E-state index contributed by atoms with van der Waals surface area (Å²) in [5.74, 6) is 0.0972. The van der Waals surface area contributed by atoms with Crippen LogP contribution in [0.25, 0.3) is 0 Å². The van der Waals surface area contributed by atoms with E-state index in [1.807, 2.05) is 13.0 Å². The van der Waals surface area contributed by atoms with Crippen LogP contribution in [0.2, 0.25) is 0 Å². The lowest BCUT2D eigenvalue weighted by Gasteiger charge is -2.22. The highest BCUT2D eigenvalue weighted by Gasteiger charge is 2.39. The van der Waals surface area contributed by atoms with Crippen LogP contribution >= 0.6 is 11.3 Å². The van der Waals surface area contributed by atoms with E-state index in [-0.39, 0.29) is 10.1 Å². The maximum Gasteiger partial charge on any atom is 0.253 e. The molecule has 1 N–H and O–H groups in total. The zero-order valence-electron chi connectivity index (χ0n) is 12.6. The maximum absolute atomic E-state index is 12.6. The van der Waals surface area contributed by atoms with Crippen LogP contribution in [0.4, 0.5) is 5.82 Å². The molecule has 1 unspecified atom stereocenters. The fraction of sp³-hybridized carbons (Fsp3) is 0.333. The minimum Gasteiger partial charge on any atom is -0.309 e. The molecule has 0 bridgehead atoms. The molecule has 0 spiro atoms. The van der Waals surface area contributed by atoms with E-state index in [4.69, 9.17) is 0 Å². The van der Waals surface area contributed by atoms with Gasteiger partial charge in [0.2, 0.25) is 5.91 Å². The molecule has 3 rings (SSSR count). The predicted octanol–water partition coefficient (Wildman–Crippen LogP) is 2.24. The minimum atomic E-state index is -3.62. The number of amides is 1. The number of sulfonamides is 1. The van der Waals surface area contributed by atoms with Crippen molar-refractivity contribution in [3.05, 3.63) is 41.4 Å². The third kappa shape index (κ3) is 3.29. The summed E-state index contributed by atoms with van der Waals surface area (Å²) < 4.78 is 26.9. The SMILES string of the molecule is Cc1ccc(NC(=O)C2CCCN2S(=O)(=O)c2cccs2)nc1. The summed E-state index contributed by atoms with van der Waals surface area (Å²) in [5, 5.41) is 4.42. The monoisotopic (exact) mass is 351 g/mol. The standard InChI is InChI=1S/C15H17N3O3S2/c1-11-6-7-13(16-10-11)17-15(19)12-4-2-8-18(12)23(20,21)14-5-3-9-22-14/h3,5-7,9-10,12H,2,4,8H2,1H3,(H,16,17,19). The molecular weight excluding hydrogens is 334 g/mol. The Balaban J connectivity index is 1.79. The summed E-state index contributed by atoms with van der Waals surface area (Å²) in [4.78, 5) is 16.6. The van der Waals surface area contributed by atoms with Crippen LogP contribution in [0, 0.1) is 6.92 Å². The molecule has 2 aromatic rings. The first kappa shape index (κ1) is 16.1. The second-order valence-corrected chi connectivity index (χ2v) is 8.48. The van der Waals surface area contributed by atoms with Crippen LogP contribution < -0.4 is 5.32 Å². The van der Waals surface area contributed by atoms with Gasteiger partial charge >= 0.3 is 0 Å². The number of aryl methyl sites for hydroxylation is 1. The number of anilines is 1. The lowest BCUT2D eigenvalue weighted by Crippen LogP contribution is -2.42. The summed E-state index contributed by atoms with van der Waals surface area (Å²) in [6.07, 6.45) is 2.84. The number of pyridine rings is 1. The van der Waals surface area contributed by atoms with Crippen molar-refractivity contribution in [2.24, 2.45) is 0 Å². The van der Waals surface area contributed by atoms with Crippen molar-refractivity contribution >= 4 is 33.1 Å². The topological polar surface area (TPSA) is 79.4 Å². The summed E-state index contributed by atoms with van der Waals surface area (Å²) >= 11 is 1.16. The molecule has 0 aromatic carbocycles. The first-order chi connectivity index (χ1) is 11.0. The molecule has 6 nitrogen and oxygen atoms in total. The van der Waals surface area contributed by atoms with Crippen molar-refractivity contribution in [2.75, 3.05) is 11.9 Å². The molecule has 122 valence electrons. The van der Waals surface area contributed by atoms with Gasteiger partial charge in [0, 0.05) is 12.7 Å². The first-order valence-electron chi connectivity index (χ1n) is 7.27. The smallest absolute Gasteiger partial charge is 0.253 e. The molecule has 1 aliphatic rings. The summed E-state index contributed by atoms with van der Waals surface area (Å²) in [6, 6.07) is 6.12. The maximum atomic E-state index is 12.6. The van der Waals surface area contributed by atoms with Crippen molar-refractivity contribution in [1.82, 2.24) is 9.29 Å². The highest BCUT2D eigenvalue weighted by molar-refractivity contribution is 7.91. The Kier molecular flexibility index (Phi) is 4.47. The van der Waals surface area contributed by atoms with E-state index in [9.17, 15) is 13.2 Å². The molecule has 1 fully saturated rings. The molecule has 8 heteroatoms. The molecule has 2 aromatic heterocycles. The van der Waals surface area contributed by atoms with Gasteiger partial charge in [0.1, 0.15) is 16.1 Å². The molecule has 1 atom stereocenters. The second kappa shape index (κ2) is 6.38. The van der Waals surface area contributed by atoms with E-state index in [0.29, 0.717) is 25.2 Å². The number of thiophene rings is 1. The van der Waals surface area contributed by atoms with Gasteiger partial charge < -0.3 is 5.32 Å². The van der Waals surface area contributed by atoms with Crippen LogP contribution in [0.3, 0.4) is 0 Å². The zero-order chi connectivity index (χ0) is 16.4. The number of hydrogen-bond donors (Lipinski definition) is 1. The Labute approximate surface area is 139 Å². The molecular formula is C15H17N3O3S2. The summed E-state index contributed by atoms with van der Waals surface area (Å²) in [6.45, 7) is 2.27. The lowest BCUT2D eigenvalue weighted by atomic mass is 10.2. The Morgan fingerprint density at radius 1 is 1.39 bits per heavy atom. The van der Waals surface area contributed by atoms with Crippen molar-refractivity contribution in [2.45, 2.75) is 30.0 Å². The molecule has 1 amide bonds. The molecule has 1 aliphatic heterocycles. The van der Waals surface area contributed by atoms with E-state index in [1.54, 1.807) is 29.8 Å². The molecule has 0 aliphatic carbocycles. The highest BCUT2D eigenvalue weighted by atomic mass is 32.2. The second-order valence-electron chi connectivity index (χ2n) is 5.42. The van der Waals surface area contributed by atoms with Gasteiger partial charge in [0.25, 0.3) is 10.0 Å². The van der Waals surface area contributed by atoms with Gasteiger partial charge in [-0.15, -0.1) is 11.3 Å². The fourth-order valence-electron chi connectivity index (χ4n) is 2.57. The van der Waals surface area contributed by atoms with Gasteiger partial charge in [-0.2, -0.15) is 4.31 Å². The average molecular weight is 351 g/mol. The first-order valence-corrected chi connectivity index (χ1v) is 9.59. The van der Waals surface area contributed by atoms with E-state index in [2.05, 4.69) is 10.3 Å². The third-order valence-corrected chi connectivity index (χ3v) is 7.01. The Morgan fingerprint density at radius 3 is 2.87 bits per heavy atom. The van der Waals surface area contributed by atoms with Gasteiger partial charge in [-0.25, -0.2) is 13.4 Å². The predicted molar refractivity (Wildman–Crippen MR) is 88.8 cm³/mol. The molecule has 0 radical (unpaired) electrons. The number of nitrogens with zero attached hydrogens (tertiary/aromatic N) is 2. The number of hydrogen-bond acceptors (Lipinski definition) is 5. The normalized spacial score (nSPS) is 18.9. The fourth-order valence-corrected chi connectivity index (χ4v) is 5.34. The average Bonchev–Trinajstić information content (AvgIpc) is 3.21.